The number of nitrogens with one attached hydrogen (secondary N) is 1. The number of hydrogen-bond acceptors (Lipinski definition) is 3. The van der Waals surface area contributed by atoms with Crippen molar-refractivity contribution in [2.24, 2.45) is 0 Å². The molecule has 1 heterocycles. The van der Waals surface area contributed by atoms with Crippen LogP contribution < -0.4 is 5.32 Å². The summed E-state index contributed by atoms with van der Waals surface area (Å²) in [5, 5.41) is 12.6. The van der Waals surface area contributed by atoms with Gasteiger partial charge < -0.3 is 10.4 Å². The topological polar surface area (TPSA) is 35.5 Å². The molecule has 2 aliphatic rings. The first-order chi connectivity index (χ1) is 7.42. The Morgan fingerprint density at radius 1 is 1.07 bits per heavy atom. The molecule has 0 amide bonds. The number of nitrogens with zero attached hydrogens (tertiary/aromatic N) is 1. The predicted molar refractivity (Wildman–Crippen MR) is 61.9 cm³/mol. The van der Waals surface area contributed by atoms with Crippen molar-refractivity contribution >= 4 is 0 Å². The van der Waals surface area contributed by atoms with Gasteiger partial charge in [-0.1, -0.05) is 12.8 Å². The Morgan fingerprint density at radius 3 is 2.40 bits per heavy atom. The van der Waals surface area contributed by atoms with E-state index in [0.29, 0.717) is 12.6 Å². The Bertz CT molecular complexity index is 174. The molecule has 3 heteroatoms. The van der Waals surface area contributed by atoms with Crippen LogP contribution in [0.2, 0.25) is 0 Å². The summed E-state index contributed by atoms with van der Waals surface area (Å²) in [6.45, 7) is 3.48. The summed E-state index contributed by atoms with van der Waals surface area (Å²) in [5.41, 5.74) is 0. The van der Waals surface area contributed by atoms with Crippen molar-refractivity contribution in [2.45, 2.75) is 50.6 Å². The van der Waals surface area contributed by atoms with Gasteiger partial charge in [-0.2, -0.15) is 0 Å². The molecule has 1 saturated heterocycles. The number of aliphatic hydroxyl groups is 1. The highest BCUT2D eigenvalue weighted by Gasteiger charge is 2.28. The van der Waals surface area contributed by atoms with Crippen molar-refractivity contribution in [2.75, 3.05) is 26.2 Å². The van der Waals surface area contributed by atoms with Crippen LogP contribution in [0.5, 0.6) is 0 Å². The third-order valence-electron chi connectivity index (χ3n) is 3.89. The lowest BCUT2D eigenvalue weighted by atomic mass is 10.0. The Kier molecular flexibility index (Phi) is 4.42. The fraction of sp³-hybridized carbons (Fsp3) is 1.00. The Balaban J connectivity index is 1.90. The molecule has 1 saturated carbocycles. The van der Waals surface area contributed by atoms with Gasteiger partial charge in [0, 0.05) is 25.2 Å². The first-order valence-corrected chi connectivity index (χ1v) is 6.49. The lowest BCUT2D eigenvalue weighted by molar-refractivity contribution is 0.0890. The van der Waals surface area contributed by atoms with Crippen LogP contribution in [0.3, 0.4) is 0 Å². The third kappa shape index (κ3) is 2.92. The second-order valence-electron chi connectivity index (χ2n) is 4.90. The van der Waals surface area contributed by atoms with Crippen molar-refractivity contribution < 1.29 is 5.11 Å². The van der Waals surface area contributed by atoms with Crippen LogP contribution in [0.25, 0.3) is 0 Å². The van der Waals surface area contributed by atoms with E-state index < -0.39 is 0 Å². The van der Waals surface area contributed by atoms with Gasteiger partial charge in [-0.05, 0) is 32.2 Å². The molecule has 0 aromatic rings. The van der Waals surface area contributed by atoms with Crippen LogP contribution in [-0.4, -0.2) is 48.3 Å². The van der Waals surface area contributed by atoms with E-state index in [9.17, 15) is 0 Å². The van der Waals surface area contributed by atoms with Gasteiger partial charge >= 0.3 is 0 Å². The maximum Gasteiger partial charge on any atom is 0.0558 e. The molecule has 2 N–H and O–H groups in total. The number of aliphatic hydroxyl groups excluding tert-OH is 1. The van der Waals surface area contributed by atoms with Crippen molar-refractivity contribution in [3.8, 4) is 0 Å². The molecule has 2 fully saturated rings. The quantitative estimate of drug-likeness (QED) is 0.729. The van der Waals surface area contributed by atoms with E-state index in [0.717, 1.165) is 19.1 Å². The molecule has 0 aromatic carbocycles. The summed E-state index contributed by atoms with van der Waals surface area (Å²) in [6.07, 6.45) is 8.05. The molecule has 15 heavy (non-hydrogen) atoms. The van der Waals surface area contributed by atoms with Gasteiger partial charge in [-0.3, -0.25) is 4.90 Å². The molecular formula is C12H24N2O. The van der Waals surface area contributed by atoms with Gasteiger partial charge in [-0.15, -0.1) is 0 Å². The van der Waals surface area contributed by atoms with E-state index in [1.54, 1.807) is 0 Å². The zero-order valence-electron chi connectivity index (χ0n) is 9.62. The highest BCUT2D eigenvalue weighted by atomic mass is 16.3. The molecule has 0 bridgehead atoms. The van der Waals surface area contributed by atoms with E-state index in [2.05, 4.69) is 10.2 Å². The summed E-state index contributed by atoms with van der Waals surface area (Å²) in [7, 11) is 0. The lowest BCUT2D eigenvalue weighted by Gasteiger charge is -2.38. The zero-order valence-corrected chi connectivity index (χ0v) is 9.62. The van der Waals surface area contributed by atoms with Gasteiger partial charge in [-0.25, -0.2) is 0 Å². The molecule has 1 aliphatic carbocycles. The third-order valence-corrected chi connectivity index (χ3v) is 3.89. The Morgan fingerprint density at radius 2 is 1.80 bits per heavy atom. The van der Waals surface area contributed by atoms with Crippen LogP contribution in [0.1, 0.15) is 38.5 Å². The minimum Gasteiger partial charge on any atom is -0.395 e. The summed E-state index contributed by atoms with van der Waals surface area (Å²) in [4.78, 5) is 2.57. The molecule has 3 nitrogen and oxygen atoms in total. The van der Waals surface area contributed by atoms with E-state index >= 15 is 0 Å². The van der Waals surface area contributed by atoms with Crippen LogP contribution in [0.15, 0.2) is 0 Å². The standard InChI is InChI=1S/C12H24N2O/c15-9-8-14(11-4-1-2-5-11)12-6-3-7-13-10-12/h11-13,15H,1-10H2. The maximum atomic E-state index is 9.17. The Hall–Kier alpha value is -0.120. The molecular weight excluding hydrogens is 188 g/mol. The van der Waals surface area contributed by atoms with Gasteiger partial charge in [0.15, 0.2) is 0 Å². The molecule has 1 aliphatic heterocycles. The van der Waals surface area contributed by atoms with Gasteiger partial charge in [0.1, 0.15) is 0 Å². The van der Waals surface area contributed by atoms with E-state index in [1.165, 1.54) is 45.1 Å². The zero-order chi connectivity index (χ0) is 10.5. The smallest absolute Gasteiger partial charge is 0.0558 e. The van der Waals surface area contributed by atoms with Gasteiger partial charge in [0.2, 0.25) is 0 Å². The fourth-order valence-electron chi connectivity index (χ4n) is 3.13. The first kappa shape index (κ1) is 11.4. The lowest BCUT2D eigenvalue weighted by Crippen LogP contribution is -2.50. The number of piperidine rings is 1. The van der Waals surface area contributed by atoms with Crippen molar-refractivity contribution in [1.82, 2.24) is 10.2 Å². The molecule has 1 atom stereocenters. The van der Waals surface area contributed by atoms with E-state index in [1.807, 2.05) is 0 Å². The Labute approximate surface area is 92.8 Å². The van der Waals surface area contributed by atoms with Crippen LogP contribution in [-0.2, 0) is 0 Å². The van der Waals surface area contributed by atoms with Crippen molar-refractivity contribution in [3.05, 3.63) is 0 Å². The van der Waals surface area contributed by atoms with Gasteiger partial charge in [0.05, 0.1) is 6.61 Å². The average Bonchev–Trinajstić information content (AvgIpc) is 2.80. The van der Waals surface area contributed by atoms with Crippen LogP contribution >= 0.6 is 0 Å². The number of hydrogen-bond donors (Lipinski definition) is 2. The molecule has 0 aromatic heterocycles. The molecule has 0 radical (unpaired) electrons. The maximum absolute atomic E-state index is 9.17. The summed E-state index contributed by atoms with van der Waals surface area (Å²) >= 11 is 0. The molecule has 2 rings (SSSR count). The molecule has 1 unspecified atom stereocenters. The number of rotatable bonds is 4. The van der Waals surface area contributed by atoms with Gasteiger partial charge in [0.25, 0.3) is 0 Å². The minimum absolute atomic E-state index is 0.313. The fourth-order valence-corrected chi connectivity index (χ4v) is 3.13. The molecule has 0 spiro atoms. The van der Waals surface area contributed by atoms with E-state index in [4.69, 9.17) is 5.11 Å². The minimum atomic E-state index is 0.313. The molecule has 88 valence electrons. The predicted octanol–water partition coefficient (Wildman–Crippen LogP) is 0.975. The summed E-state index contributed by atoms with van der Waals surface area (Å²) < 4.78 is 0. The largest absolute Gasteiger partial charge is 0.395 e. The van der Waals surface area contributed by atoms with E-state index in [-0.39, 0.29) is 0 Å². The highest BCUT2D eigenvalue weighted by molar-refractivity contribution is 4.85. The second-order valence-corrected chi connectivity index (χ2v) is 4.90. The highest BCUT2D eigenvalue weighted by Crippen LogP contribution is 2.26. The normalized spacial score (nSPS) is 28.8. The monoisotopic (exact) mass is 212 g/mol. The van der Waals surface area contributed by atoms with Crippen LogP contribution in [0, 0.1) is 0 Å². The first-order valence-electron chi connectivity index (χ1n) is 6.49. The average molecular weight is 212 g/mol. The second kappa shape index (κ2) is 5.83. The summed E-state index contributed by atoms with van der Waals surface area (Å²) in [5.74, 6) is 0. The SMILES string of the molecule is OCCN(C1CCCC1)C1CCCNC1. The van der Waals surface area contributed by atoms with Crippen LogP contribution in [0.4, 0.5) is 0 Å². The van der Waals surface area contributed by atoms with Crippen molar-refractivity contribution in [3.63, 3.8) is 0 Å². The van der Waals surface area contributed by atoms with Crippen molar-refractivity contribution in [1.29, 1.82) is 0 Å². The summed E-state index contributed by atoms with van der Waals surface area (Å²) in [6, 6.07) is 1.43.